The Hall–Kier alpha value is -1.42. The van der Waals surface area contributed by atoms with Crippen molar-refractivity contribution < 1.29 is 9.50 Å². The van der Waals surface area contributed by atoms with Crippen molar-refractivity contribution >= 4 is 11.6 Å². The topological polar surface area (TPSA) is 46.2 Å². The van der Waals surface area contributed by atoms with E-state index in [4.69, 9.17) is 17.3 Å². The Labute approximate surface area is 116 Å². The molecule has 0 radical (unpaired) electrons. The molecule has 4 heteroatoms. The van der Waals surface area contributed by atoms with Crippen LogP contribution in [-0.2, 0) is 0 Å². The van der Waals surface area contributed by atoms with Gasteiger partial charge in [0.1, 0.15) is 5.82 Å². The minimum Gasteiger partial charge on any atom is -0.388 e. The van der Waals surface area contributed by atoms with Gasteiger partial charge >= 0.3 is 0 Å². The second kappa shape index (κ2) is 6.15. The standard InChI is InChI=1S/C15H15ClFNO/c16-11-6-7-12(14(17)8-11)15(19)13(9-18)10-4-2-1-3-5-10/h1-8,13,15,19H,9,18H2. The van der Waals surface area contributed by atoms with Gasteiger partial charge in [-0.3, -0.25) is 0 Å². The van der Waals surface area contributed by atoms with E-state index in [0.29, 0.717) is 5.02 Å². The Kier molecular flexibility index (Phi) is 4.53. The first-order valence-electron chi connectivity index (χ1n) is 6.01. The number of hydrogen-bond donors (Lipinski definition) is 2. The molecule has 2 nitrogen and oxygen atoms in total. The molecule has 0 aliphatic heterocycles. The van der Waals surface area contributed by atoms with E-state index < -0.39 is 11.9 Å². The smallest absolute Gasteiger partial charge is 0.130 e. The predicted octanol–water partition coefficient (Wildman–Crippen LogP) is 3.26. The summed E-state index contributed by atoms with van der Waals surface area (Å²) >= 11 is 5.71. The molecule has 0 fully saturated rings. The third kappa shape index (κ3) is 3.13. The molecule has 3 N–H and O–H groups in total. The number of nitrogens with two attached hydrogens (primary N) is 1. The maximum atomic E-state index is 13.8. The maximum Gasteiger partial charge on any atom is 0.130 e. The van der Waals surface area contributed by atoms with Crippen LogP contribution in [0.15, 0.2) is 48.5 Å². The summed E-state index contributed by atoms with van der Waals surface area (Å²) in [6, 6.07) is 13.6. The van der Waals surface area contributed by atoms with E-state index in [1.807, 2.05) is 30.3 Å². The van der Waals surface area contributed by atoms with E-state index in [1.165, 1.54) is 12.1 Å². The van der Waals surface area contributed by atoms with Crippen molar-refractivity contribution in [2.45, 2.75) is 12.0 Å². The number of aliphatic hydroxyl groups excluding tert-OH is 1. The molecule has 19 heavy (non-hydrogen) atoms. The lowest BCUT2D eigenvalue weighted by molar-refractivity contribution is 0.143. The van der Waals surface area contributed by atoms with Crippen LogP contribution in [0.5, 0.6) is 0 Å². The largest absolute Gasteiger partial charge is 0.388 e. The van der Waals surface area contributed by atoms with Crippen LogP contribution in [-0.4, -0.2) is 11.7 Å². The summed E-state index contributed by atoms with van der Waals surface area (Å²) in [7, 11) is 0. The second-order valence-corrected chi connectivity index (χ2v) is 4.80. The normalized spacial score (nSPS) is 14.1. The Morgan fingerprint density at radius 3 is 2.42 bits per heavy atom. The Morgan fingerprint density at radius 2 is 1.84 bits per heavy atom. The van der Waals surface area contributed by atoms with Gasteiger partial charge in [-0.1, -0.05) is 48.0 Å². The molecule has 2 atom stereocenters. The van der Waals surface area contributed by atoms with Crippen LogP contribution in [0, 0.1) is 5.82 Å². The molecule has 100 valence electrons. The summed E-state index contributed by atoms with van der Waals surface area (Å²) < 4.78 is 13.8. The molecule has 0 heterocycles. The van der Waals surface area contributed by atoms with Gasteiger partial charge in [0.25, 0.3) is 0 Å². The molecule has 0 saturated carbocycles. The van der Waals surface area contributed by atoms with Crippen LogP contribution >= 0.6 is 11.6 Å². The molecule has 2 rings (SSSR count). The molecule has 0 aliphatic carbocycles. The van der Waals surface area contributed by atoms with Crippen LogP contribution in [0.4, 0.5) is 4.39 Å². The zero-order valence-electron chi connectivity index (χ0n) is 10.3. The minimum absolute atomic E-state index is 0.212. The van der Waals surface area contributed by atoms with Crippen LogP contribution in [0.3, 0.4) is 0 Å². The van der Waals surface area contributed by atoms with Crippen molar-refractivity contribution in [2.24, 2.45) is 5.73 Å². The molecule has 0 spiro atoms. The molecule has 2 aromatic rings. The van der Waals surface area contributed by atoms with E-state index in [2.05, 4.69) is 0 Å². The van der Waals surface area contributed by atoms with Gasteiger partial charge in [-0.05, 0) is 17.7 Å². The van der Waals surface area contributed by atoms with Crippen LogP contribution < -0.4 is 5.73 Å². The molecular weight excluding hydrogens is 265 g/mol. The van der Waals surface area contributed by atoms with E-state index in [1.54, 1.807) is 6.07 Å². The fourth-order valence-electron chi connectivity index (χ4n) is 2.11. The van der Waals surface area contributed by atoms with Gasteiger partial charge in [0, 0.05) is 23.0 Å². The fraction of sp³-hybridized carbons (Fsp3) is 0.200. The van der Waals surface area contributed by atoms with E-state index in [0.717, 1.165) is 5.56 Å². The van der Waals surface area contributed by atoms with Crippen LogP contribution in [0.25, 0.3) is 0 Å². The van der Waals surface area contributed by atoms with E-state index in [-0.39, 0.29) is 18.0 Å². The SMILES string of the molecule is NCC(c1ccccc1)C(O)c1ccc(Cl)cc1F. The number of rotatable bonds is 4. The average molecular weight is 280 g/mol. The van der Waals surface area contributed by atoms with Gasteiger partial charge in [-0.25, -0.2) is 4.39 Å². The minimum atomic E-state index is -0.996. The first kappa shape index (κ1) is 14.0. The highest BCUT2D eigenvalue weighted by molar-refractivity contribution is 6.30. The van der Waals surface area contributed by atoms with Crippen LogP contribution in [0.2, 0.25) is 5.02 Å². The summed E-state index contributed by atoms with van der Waals surface area (Å²) in [4.78, 5) is 0. The van der Waals surface area contributed by atoms with Gasteiger partial charge in [0.05, 0.1) is 6.10 Å². The van der Waals surface area contributed by atoms with Crippen molar-refractivity contribution in [1.29, 1.82) is 0 Å². The number of hydrogen-bond acceptors (Lipinski definition) is 2. The summed E-state index contributed by atoms with van der Waals surface area (Å²) in [6.07, 6.45) is -0.996. The van der Waals surface area contributed by atoms with E-state index >= 15 is 0 Å². The monoisotopic (exact) mass is 279 g/mol. The van der Waals surface area contributed by atoms with Crippen molar-refractivity contribution in [1.82, 2.24) is 0 Å². The molecule has 0 bridgehead atoms. The first-order chi connectivity index (χ1) is 9.13. The van der Waals surface area contributed by atoms with Gasteiger partial charge in [-0.15, -0.1) is 0 Å². The highest BCUT2D eigenvalue weighted by atomic mass is 35.5. The highest BCUT2D eigenvalue weighted by Gasteiger charge is 2.23. The van der Waals surface area contributed by atoms with Gasteiger partial charge < -0.3 is 10.8 Å². The average Bonchev–Trinajstić information content (AvgIpc) is 2.40. The summed E-state index contributed by atoms with van der Waals surface area (Å²) in [6.45, 7) is 0.229. The van der Waals surface area contributed by atoms with Crippen molar-refractivity contribution in [2.75, 3.05) is 6.54 Å². The zero-order chi connectivity index (χ0) is 13.8. The molecule has 0 aromatic heterocycles. The Bertz CT molecular complexity index is 547. The quantitative estimate of drug-likeness (QED) is 0.902. The van der Waals surface area contributed by atoms with Gasteiger partial charge in [0.2, 0.25) is 0 Å². The Balaban J connectivity index is 2.33. The van der Waals surface area contributed by atoms with E-state index in [9.17, 15) is 9.50 Å². The lowest BCUT2D eigenvalue weighted by Crippen LogP contribution is -2.20. The lowest BCUT2D eigenvalue weighted by atomic mass is 9.89. The molecule has 2 unspecified atom stereocenters. The molecule has 2 aromatic carbocycles. The van der Waals surface area contributed by atoms with Crippen molar-refractivity contribution in [3.8, 4) is 0 Å². The number of benzene rings is 2. The van der Waals surface area contributed by atoms with Crippen LogP contribution in [0.1, 0.15) is 23.1 Å². The van der Waals surface area contributed by atoms with Gasteiger partial charge in [-0.2, -0.15) is 0 Å². The van der Waals surface area contributed by atoms with Crippen molar-refractivity contribution in [3.05, 3.63) is 70.5 Å². The summed E-state index contributed by atoms with van der Waals surface area (Å²) in [5.41, 5.74) is 6.81. The summed E-state index contributed by atoms with van der Waals surface area (Å²) in [5.74, 6) is -0.869. The third-order valence-electron chi connectivity index (χ3n) is 3.14. The molecule has 0 amide bonds. The van der Waals surface area contributed by atoms with Crippen molar-refractivity contribution in [3.63, 3.8) is 0 Å². The molecule has 0 saturated heterocycles. The first-order valence-corrected chi connectivity index (χ1v) is 6.39. The maximum absolute atomic E-state index is 13.8. The number of aliphatic hydroxyl groups is 1. The third-order valence-corrected chi connectivity index (χ3v) is 3.38. The lowest BCUT2D eigenvalue weighted by Gasteiger charge is -2.22. The second-order valence-electron chi connectivity index (χ2n) is 4.36. The fourth-order valence-corrected chi connectivity index (χ4v) is 2.26. The number of halogens is 2. The summed E-state index contributed by atoms with van der Waals surface area (Å²) in [5, 5.41) is 10.6. The zero-order valence-corrected chi connectivity index (χ0v) is 11.0. The molecule has 0 aliphatic rings. The Morgan fingerprint density at radius 1 is 1.16 bits per heavy atom. The molecular formula is C15H15ClFNO. The van der Waals surface area contributed by atoms with Gasteiger partial charge in [0.15, 0.2) is 0 Å². The predicted molar refractivity (Wildman–Crippen MR) is 74.6 cm³/mol. The highest BCUT2D eigenvalue weighted by Crippen LogP contribution is 2.32.